The van der Waals surface area contributed by atoms with Gasteiger partial charge in [0.05, 0.1) is 22.7 Å². The smallest absolute Gasteiger partial charge is 0.0759 e. The number of hydrogen-bond donors (Lipinski definition) is 2. The van der Waals surface area contributed by atoms with Crippen LogP contribution in [0.2, 0.25) is 10.0 Å². The molecular weight excluding hydrogens is 281 g/mol. The number of benzene rings is 2. The minimum absolute atomic E-state index is 0.0615. The Morgan fingerprint density at radius 1 is 1.16 bits per heavy atom. The van der Waals surface area contributed by atoms with Gasteiger partial charge in [-0.15, -0.1) is 0 Å². The first kappa shape index (κ1) is 14.2. The van der Waals surface area contributed by atoms with Gasteiger partial charge in [-0.2, -0.15) is 0 Å². The van der Waals surface area contributed by atoms with E-state index in [0.717, 1.165) is 16.8 Å². The van der Waals surface area contributed by atoms with E-state index in [1.165, 1.54) is 0 Å². The Kier molecular flexibility index (Phi) is 4.70. The third-order valence-corrected chi connectivity index (χ3v) is 3.73. The summed E-state index contributed by atoms with van der Waals surface area (Å²) in [5.74, 6) is 0. The number of aryl methyl sites for hydroxylation is 1. The molecule has 2 aromatic rings. The van der Waals surface area contributed by atoms with Gasteiger partial charge in [-0.25, -0.2) is 0 Å². The van der Waals surface area contributed by atoms with Gasteiger partial charge in [-0.05, 0) is 36.2 Å². The average Bonchev–Trinajstić information content (AvgIpc) is 2.40. The van der Waals surface area contributed by atoms with Crippen LogP contribution in [0.5, 0.6) is 0 Å². The summed E-state index contributed by atoms with van der Waals surface area (Å²) in [6.07, 6.45) is 0. The van der Waals surface area contributed by atoms with Crippen LogP contribution in [-0.4, -0.2) is 11.7 Å². The van der Waals surface area contributed by atoms with Gasteiger partial charge < -0.3 is 10.4 Å². The van der Waals surface area contributed by atoms with E-state index in [4.69, 9.17) is 23.2 Å². The Morgan fingerprint density at radius 2 is 1.89 bits per heavy atom. The van der Waals surface area contributed by atoms with Gasteiger partial charge in [-0.3, -0.25) is 0 Å². The lowest BCUT2D eigenvalue weighted by Crippen LogP contribution is -2.15. The zero-order valence-corrected chi connectivity index (χ0v) is 12.0. The van der Waals surface area contributed by atoms with E-state index in [1.807, 2.05) is 43.3 Å². The van der Waals surface area contributed by atoms with Gasteiger partial charge in [0.2, 0.25) is 0 Å². The molecule has 0 bridgehead atoms. The molecule has 0 heterocycles. The van der Waals surface area contributed by atoms with Crippen LogP contribution >= 0.6 is 23.2 Å². The summed E-state index contributed by atoms with van der Waals surface area (Å²) in [6, 6.07) is 13.1. The van der Waals surface area contributed by atoms with Crippen molar-refractivity contribution in [2.24, 2.45) is 0 Å². The van der Waals surface area contributed by atoms with Crippen molar-refractivity contribution in [3.8, 4) is 0 Å². The predicted octanol–water partition coefficient (Wildman–Crippen LogP) is 4.45. The Bertz CT molecular complexity index is 572. The fourth-order valence-corrected chi connectivity index (χ4v) is 2.39. The van der Waals surface area contributed by atoms with E-state index in [1.54, 1.807) is 6.07 Å². The average molecular weight is 296 g/mol. The molecule has 0 saturated carbocycles. The maximum absolute atomic E-state index is 9.56. The number of aliphatic hydroxyl groups excluding tert-OH is 1. The minimum Gasteiger partial charge on any atom is -0.394 e. The fourth-order valence-electron chi connectivity index (χ4n) is 1.95. The van der Waals surface area contributed by atoms with Crippen LogP contribution in [0.15, 0.2) is 42.5 Å². The molecule has 0 amide bonds. The largest absolute Gasteiger partial charge is 0.394 e. The minimum atomic E-state index is -0.284. The number of halogens is 2. The van der Waals surface area contributed by atoms with E-state index in [-0.39, 0.29) is 12.6 Å². The van der Waals surface area contributed by atoms with Crippen molar-refractivity contribution in [1.82, 2.24) is 0 Å². The van der Waals surface area contributed by atoms with Gasteiger partial charge in [-0.1, -0.05) is 47.5 Å². The van der Waals surface area contributed by atoms with Crippen molar-refractivity contribution in [2.45, 2.75) is 13.0 Å². The molecule has 0 fully saturated rings. The van der Waals surface area contributed by atoms with Gasteiger partial charge >= 0.3 is 0 Å². The maximum atomic E-state index is 9.56. The number of aliphatic hydroxyl groups is 1. The highest BCUT2D eigenvalue weighted by Gasteiger charge is 2.15. The third kappa shape index (κ3) is 3.41. The Morgan fingerprint density at radius 3 is 2.58 bits per heavy atom. The second kappa shape index (κ2) is 6.29. The Labute approximate surface area is 123 Å². The van der Waals surface area contributed by atoms with Crippen LogP contribution in [0, 0.1) is 6.92 Å². The summed E-state index contributed by atoms with van der Waals surface area (Å²) in [5, 5.41) is 13.8. The van der Waals surface area contributed by atoms with Crippen LogP contribution in [0.25, 0.3) is 0 Å². The van der Waals surface area contributed by atoms with Crippen molar-refractivity contribution in [3.05, 3.63) is 63.6 Å². The quantitative estimate of drug-likeness (QED) is 0.873. The van der Waals surface area contributed by atoms with E-state index >= 15 is 0 Å². The lowest BCUT2D eigenvalue weighted by molar-refractivity contribution is 0.276. The molecule has 0 aromatic heterocycles. The first-order valence-electron chi connectivity index (χ1n) is 6.00. The predicted molar refractivity (Wildman–Crippen MR) is 81.1 cm³/mol. The summed E-state index contributed by atoms with van der Waals surface area (Å²) >= 11 is 12.2. The fraction of sp³-hybridized carbons (Fsp3) is 0.200. The molecule has 2 N–H and O–H groups in total. The molecule has 0 radical (unpaired) electrons. The van der Waals surface area contributed by atoms with E-state index in [0.29, 0.717) is 10.0 Å². The molecule has 100 valence electrons. The van der Waals surface area contributed by atoms with Crippen molar-refractivity contribution in [3.63, 3.8) is 0 Å². The highest BCUT2D eigenvalue weighted by atomic mass is 35.5. The first-order valence-corrected chi connectivity index (χ1v) is 6.75. The van der Waals surface area contributed by atoms with Gasteiger partial charge in [0.1, 0.15) is 0 Å². The molecule has 2 nitrogen and oxygen atoms in total. The molecule has 0 aliphatic heterocycles. The topological polar surface area (TPSA) is 32.3 Å². The SMILES string of the molecule is Cc1cccc(NC(CO)c2cccc(Cl)c2Cl)c1. The number of nitrogens with one attached hydrogen (secondary N) is 1. The third-order valence-electron chi connectivity index (χ3n) is 2.90. The molecule has 0 aliphatic rings. The maximum Gasteiger partial charge on any atom is 0.0759 e. The first-order chi connectivity index (χ1) is 9.11. The summed E-state index contributed by atoms with van der Waals surface area (Å²) < 4.78 is 0. The molecule has 19 heavy (non-hydrogen) atoms. The van der Waals surface area contributed by atoms with E-state index < -0.39 is 0 Å². The molecule has 0 spiro atoms. The van der Waals surface area contributed by atoms with Gasteiger partial charge in [0.15, 0.2) is 0 Å². The van der Waals surface area contributed by atoms with Gasteiger partial charge in [0, 0.05) is 5.69 Å². The zero-order chi connectivity index (χ0) is 13.8. The number of anilines is 1. The number of hydrogen-bond acceptors (Lipinski definition) is 2. The van der Waals surface area contributed by atoms with Gasteiger partial charge in [0.25, 0.3) is 0 Å². The summed E-state index contributed by atoms with van der Waals surface area (Å²) in [6.45, 7) is 1.96. The van der Waals surface area contributed by atoms with E-state index in [9.17, 15) is 5.11 Å². The summed E-state index contributed by atoms with van der Waals surface area (Å²) in [7, 11) is 0. The molecule has 2 aromatic carbocycles. The van der Waals surface area contributed by atoms with Crippen LogP contribution in [0.3, 0.4) is 0 Å². The molecular formula is C15H15Cl2NO. The second-order valence-electron chi connectivity index (χ2n) is 4.39. The molecule has 0 saturated heterocycles. The van der Waals surface area contributed by atoms with Crippen molar-refractivity contribution in [2.75, 3.05) is 11.9 Å². The van der Waals surface area contributed by atoms with Crippen LogP contribution in [0.4, 0.5) is 5.69 Å². The van der Waals surface area contributed by atoms with Crippen LogP contribution in [0.1, 0.15) is 17.2 Å². The lowest BCUT2D eigenvalue weighted by atomic mass is 10.1. The highest BCUT2D eigenvalue weighted by molar-refractivity contribution is 6.42. The second-order valence-corrected chi connectivity index (χ2v) is 5.18. The zero-order valence-electron chi connectivity index (χ0n) is 10.5. The monoisotopic (exact) mass is 295 g/mol. The Hall–Kier alpha value is -1.22. The standard InChI is InChI=1S/C15H15Cl2NO/c1-10-4-2-5-11(8-10)18-14(9-19)12-6-3-7-13(16)15(12)17/h2-8,14,18-19H,9H2,1H3. The van der Waals surface area contributed by atoms with Crippen molar-refractivity contribution < 1.29 is 5.11 Å². The van der Waals surface area contributed by atoms with Crippen LogP contribution in [-0.2, 0) is 0 Å². The van der Waals surface area contributed by atoms with Crippen molar-refractivity contribution >= 4 is 28.9 Å². The summed E-state index contributed by atoms with van der Waals surface area (Å²) in [5.41, 5.74) is 2.88. The molecule has 1 atom stereocenters. The van der Waals surface area contributed by atoms with E-state index in [2.05, 4.69) is 5.32 Å². The summed E-state index contributed by atoms with van der Waals surface area (Å²) in [4.78, 5) is 0. The van der Waals surface area contributed by atoms with Crippen molar-refractivity contribution in [1.29, 1.82) is 0 Å². The van der Waals surface area contributed by atoms with Crippen LogP contribution < -0.4 is 5.32 Å². The molecule has 0 aliphatic carbocycles. The Balaban J connectivity index is 2.28. The normalized spacial score (nSPS) is 12.2. The molecule has 4 heteroatoms. The molecule has 2 rings (SSSR count). The lowest BCUT2D eigenvalue weighted by Gasteiger charge is -2.20. The number of rotatable bonds is 4. The molecule has 1 unspecified atom stereocenters. The highest BCUT2D eigenvalue weighted by Crippen LogP contribution is 2.31.